The van der Waals surface area contributed by atoms with Crippen LogP contribution in [0, 0.1) is 23.7 Å². The molecule has 7 nitrogen and oxygen atoms in total. The quantitative estimate of drug-likeness (QED) is 0.245. The summed E-state index contributed by atoms with van der Waals surface area (Å²) in [5, 5.41) is 18.8. The van der Waals surface area contributed by atoms with Crippen molar-refractivity contribution in [3.8, 4) is 6.07 Å². The van der Waals surface area contributed by atoms with Crippen LogP contribution in [0.15, 0.2) is 54.5 Å². The molecule has 0 radical (unpaired) electrons. The summed E-state index contributed by atoms with van der Waals surface area (Å²) < 4.78 is 41.5. The highest BCUT2D eigenvalue weighted by atomic mass is 35.5. The highest BCUT2D eigenvalue weighted by Crippen LogP contribution is 2.53. The van der Waals surface area contributed by atoms with Gasteiger partial charge in [-0.25, -0.2) is 0 Å². The van der Waals surface area contributed by atoms with E-state index in [1.165, 1.54) is 12.4 Å². The average molecular weight is 570 g/mol. The molecule has 11 heteroatoms. The van der Waals surface area contributed by atoms with E-state index in [2.05, 4.69) is 53.4 Å². The molecule has 1 atom stereocenters. The third-order valence-corrected chi connectivity index (χ3v) is 7.55. The maximum Gasteiger partial charge on any atom is 0.413 e. The van der Waals surface area contributed by atoms with Crippen LogP contribution in [-0.2, 0) is 0 Å². The van der Waals surface area contributed by atoms with E-state index in [9.17, 15) is 18.4 Å². The highest BCUT2D eigenvalue weighted by molar-refractivity contribution is 6.35. The molecule has 1 fully saturated rings. The molecule has 3 aromatic rings. The van der Waals surface area contributed by atoms with Gasteiger partial charge in [0.05, 0.1) is 33.5 Å². The van der Waals surface area contributed by atoms with Crippen molar-refractivity contribution in [2.24, 2.45) is 5.41 Å². The fourth-order valence-corrected chi connectivity index (χ4v) is 5.13. The molecule has 0 unspecified atom stereocenters. The second kappa shape index (κ2) is 10.1. The number of anilines is 2. The van der Waals surface area contributed by atoms with Gasteiger partial charge in [0.25, 0.3) is 0 Å². The predicted molar refractivity (Wildman–Crippen MR) is 151 cm³/mol. The van der Waals surface area contributed by atoms with Crippen molar-refractivity contribution in [2.45, 2.75) is 58.3 Å². The lowest BCUT2D eigenvalue weighted by atomic mass is 9.96. The van der Waals surface area contributed by atoms with Gasteiger partial charge in [-0.1, -0.05) is 56.6 Å². The first kappa shape index (κ1) is 27.9. The lowest BCUT2D eigenvalue weighted by Gasteiger charge is -2.28. The molecule has 4 N–H and O–H groups in total. The number of rotatable bonds is 7. The largest absolute Gasteiger partial charge is 0.413 e. The molecule has 0 bridgehead atoms. The van der Waals surface area contributed by atoms with Gasteiger partial charge in [0, 0.05) is 30.0 Å². The second-order valence-electron chi connectivity index (χ2n) is 11.6. The van der Waals surface area contributed by atoms with Crippen molar-refractivity contribution in [2.75, 3.05) is 17.2 Å². The number of nitrogens with zero attached hydrogens (tertiary/aromatic N) is 3. The summed E-state index contributed by atoms with van der Waals surface area (Å²) in [4.78, 5) is 4.42. The smallest absolute Gasteiger partial charge is 0.383 e. The number of aromatic nitrogens is 1. The number of alkyl halides is 3. The minimum absolute atomic E-state index is 0.0241. The summed E-state index contributed by atoms with van der Waals surface area (Å²) in [5.41, 5.74) is 8.27. The third kappa shape index (κ3) is 5.23. The molecule has 2 aromatic carbocycles. The summed E-state index contributed by atoms with van der Waals surface area (Å²) in [5.74, 6) is 0. The van der Waals surface area contributed by atoms with Crippen LogP contribution in [0.3, 0.4) is 0 Å². The Morgan fingerprint density at radius 2 is 1.93 bits per heavy atom. The number of pyridine rings is 1. The minimum Gasteiger partial charge on any atom is -0.383 e. The van der Waals surface area contributed by atoms with Crippen LogP contribution in [0.4, 0.5) is 24.5 Å². The van der Waals surface area contributed by atoms with Crippen LogP contribution in [-0.4, -0.2) is 28.3 Å². The molecule has 1 aliphatic carbocycles. The monoisotopic (exact) mass is 569 g/mol. The maximum atomic E-state index is 13.8. The number of nitrogens with one attached hydrogen (secondary N) is 4. The average Bonchev–Trinajstić information content (AvgIpc) is 3.57. The van der Waals surface area contributed by atoms with Gasteiger partial charge in [-0.3, -0.25) is 9.99 Å². The first-order valence-electron chi connectivity index (χ1n) is 13.0. The van der Waals surface area contributed by atoms with Crippen molar-refractivity contribution in [1.82, 2.24) is 21.0 Å². The fourth-order valence-electron chi connectivity index (χ4n) is 4.86. The van der Waals surface area contributed by atoms with Crippen molar-refractivity contribution < 1.29 is 13.2 Å². The van der Waals surface area contributed by atoms with E-state index in [1.807, 2.05) is 37.3 Å². The summed E-state index contributed by atoms with van der Waals surface area (Å²) in [6.07, 6.45) is -1.33. The normalized spacial score (nSPS) is 17.2. The summed E-state index contributed by atoms with van der Waals surface area (Å²) in [6.45, 7) is 8.83. The number of nitriles is 1. The second-order valence-corrected chi connectivity index (χ2v) is 12.0. The van der Waals surface area contributed by atoms with Gasteiger partial charge in [0.2, 0.25) is 0 Å². The van der Waals surface area contributed by atoms with Crippen LogP contribution in [0.25, 0.3) is 10.9 Å². The van der Waals surface area contributed by atoms with Crippen molar-refractivity contribution >= 4 is 33.9 Å². The number of hydrazine groups is 2. The highest BCUT2D eigenvalue weighted by Gasteiger charge is 2.67. The van der Waals surface area contributed by atoms with Crippen molar-refractivity contribution in [1.29, 1.82) is 5.26 Å². The molecule has 40 heavy (non-hydrogen) atoms. The zero-order valence-electron chi connectivity index (χ0n) is 22.7. The fraction of sp³-hybridized carbons (Fsp3) is 0.379. The van der Waals surface area contributed by atoms with Gasteiger partial charge in [0.15, 0.2) is 5.54 Å². The number of fused-ring (bicyclic) bond motifs is 1. The number of hydrogen-bond donors (Lipinski definition) is 4. The summed E-state index contributed by atoms with van der Waals surface area (Å²) in [6, 6.07) is 13.0. The van der Waals surface area contributed by atoms with E-state index >= 15 is 0 Å². The number of benzene rings is 2. The van der Waals surface area contributed by atoms with Crippen molar-refractivity contribution in [3.63, 3.8) is 0 Å². The van der Waals surface area contributed by atoms with Crippen LogP contribution >= 0.6 is 11.6 Å². The molecule has 1 aromatic heterocycles. The summed E-state index contributed by atoms with van der Waals surface area (Å²) in [7, 11) is 0. The summed E-state index contributed by atoms with van der Waals surface area (Å²) >= 11 is 6.69. The molecule has 0 amide bonds. The molecular weight excluding hydrogens is 539 g/mol. The maximum absolute atomic E-state index is 13.8. The third-order valence-electron chi connectivity index (χ3n) is 7.26. The van der Waals surface area contributed by atoms with Crippen molar-refractivity contribution in [3.05, 3.63) is 76.2 Å². The molecular formula is C29H31ClF3N7. The Labute approximate surface area is 236 Å². The first-order valence-corrected chi connectivity index (χ1v) is 13.4. The SMILES string of the molecule is Cc1ccccc1[C@H](Nc1cc(Cl)c2ncc(C#N)c(NCC(C)(C)C)c2c1)C1=CN(C2(C(F)(F)F)CC2)NN1. The number of halogens is 4. The molecule has 5 rings (SSSR count). The predicted octanol–water partition coefficient (Wildman–Crippen LogP) is 6.94. The Bertz CT molecular complexity index is 1520. The first-order chi connectivity index (χ1) is 18.8. The lowest BCUT2D eigenvalue weighted by Crippen LogP contribution is -2.52. The Morgan fingerprint density at radius 1 is 1.20 bits per heavy atom. The zero-order chi connectivity index (χ0) is 28.9. The van der Waals surface area contributed by atoms with Gasteiger partial charge in [-0.05, 0) is 48.4 Å². The van der Waals surface area contributed by atoms with Crippen LogP contribution in [0.2, 0.25) is 5.02 Å². The van der Waals surface area contributed by atoms with Gasteiger partial charge in [0.1, 0.15) is 6.07 Å². The van der Waals surface area contributed by atoms with E-state index in [1.54, 1.807) is 6.07 Å². The number of aryl methyl sites for hydroxylation is 1. The molecule has 2 aliphatic rings. The molecule has 0 spiro atoms. The van der Waals surface area contributed by atoms with Gasteiger partial charge < -0.3 is 16.1 Å². The Hall–Kier alpha value is -3.68. The molecule has 2 heterocycles. The standard InChI is InChI=1S/C29H31ClF3N7/c1-17-7-5-6-8-20(17)26(23-15-40(39-38-23)28(9-10-28)29(31,32)33)37-19-11-21-24(36-16-27(2,3)4)18(13-34)14-35-25(21)22(30)12-19/h5-8,11-12,14-15,26,37-39H,9-10,16H2,1-4H3,(H,35,36)/t26-/m0/s1. The van der Waals surface area contributed by atoms with E-state index in [0.29, 0.717) is 45.1 Å². The topological polar surface area (TPSA) is 88.0 Å². The molecule has 210 valence electrons. The Balaban J connectivity index is 1.57. The van der Waals surface area contributed by atoms with E-state index in [4.69, 9.17) is 11.6 Å². The Morgan fingerprint density at radius 3 is 2.55 bits per heavy atom. The lowest BCUT2D eigenvalue weighted by molar-refractivity contribution is -0.195. The van der Waals surface area contributed by atoms with Crippen LogP contribution in [0.5, 0.6) is 0 Å². The van der Waals surface area contributed by atoms with E-state index in [0.717, 1.165) is 16.1 Å². The van der Waals surface area contributed by atoms with Gasteiger partial charge >= 0.3 is 6.18 Å². The van der Waals surface area contributed by atoms with Crippen LogP contribution in [0.1, 0.15) is 56.3 Å². The molecule has 1 saturated carbocycles. The molecule has 0 saturated heterocycles. The molecule has 1 aliphatic heterocycles. The van der Waals surface area contributed by atoms with Crippen LogP contribution < -0.4 is 21.6 Å². The Kier molecular flexibility index (Phi) is 7.01. The van der Waals surface area contributed by atoms with E-state index < -0.39 is 17.8 Å². The zero-order valence-corrected chi connectivity index (χ0v) is 23.4. The van der Waals surface area contributed by atoms with Gasteiger partial charge in [-0.2, -0.15) is 18.4 Å². The van der Waals surface area contributed by atoms with Gasteiger partial charge in [-0.15, -0.1) is 5.53 Å². The van der Waals surface area contributed by atoms with E-state index in [-0.39, 0.29) is 18.3 Å². The minimum atomic E-state index is -4.37. The number of hydrogen-bond acceptors (Lipinski definition) is 7.